The fourth-order valence-corrected chi connectivity index (χ4v) is 4.67. The van der Waals surface area contributed by atoms with E-state index in [2.05, 4.69) is 0 Å². The number of amides is 3. The van der Waals surface area contributed by atoms with Crippen molar-refractivity contribution in [1.82, 2.24) is 9.80 Å². The number of fused-ring (bicyclic) bond motifs is 3. The van der Waals surface area contributed by atoms with Crippen molar-refractivity contribution in [3.63, 3.8) is 0 Å². The summed E-state index contributed by atoms with van der Waals surface area (Å²) in [5.74, 6) is -1.53. The van der Waals surface area contributed by atoms with Gasteiger partial charge in [0.25, 0.3) is 11.8 Å². The lowest BCUT2D eigenvalue weighted by molar-refractivity contribution is -0.162. The number of hydrogen-bond acceptors (Lipinski definition) is 5. The molecule has 8 nitrogen and oxygen atoms in total. The summed E-state index contributed by atoms with van der Waals surface area (Å²) in [6.07, 6.45) is 2.15. The van der Waals surface area contributed by atoms with Gasteiger partial charge in [0.05, 0.1) is 11.3 Å². The molecular weight excluding hydrogens is 374 g/mol. The summed E-state index contributed by atoms with van der Waals surface area (Å²) < 4.78 is 5.43. The van der Waals surface area contributed by atoms with Crippen LogP contribution in [0.1, 0.15) is 49.9 Å². The van der Waals surface area contributed by atoms with Crippen molar-refractivity contribution in [2.24, 2.45) is 0 Å². The standard InChI is InChI=1S/C21H25N3O5/c1-14(2)23-19(27)15-7-3-4-8-16(15)24-17(25)9-10-21(23,24)20(28)29-13-18(26)22-11-5-6-12-22/h3-4,7-8,14H,5-6,9-13H2,1-2H3/t21-/m1/s1. The van der Waals surface area contributed by atoms with Gasteiger partial charge in [0.1, 0.15) is 0 Å². The quantitative estimate of drug-likeness (QED) is 0.717. The number of carbonyl (C=O) groups is 4. The van der Waals surface area contributed by atoms with Crippen molar-refractivity contribution >= 4 is 29.4 Å². The lowest BCUT2D eigenvalue weighted by atomic mass is 9.95. The lowest BCUT2D eigenvalue weighted by Crippen LogP contribution is -2.70. The molecule has 3 amide bonds. The molecule has 1 aromatic rings. The molecule has 0 N–H and O–H groups in total. The Hall–Kier alpha value is -2.90. The third kappa shape index (κ3) is 2.89. The van der Waals surface area contributed by atoms with E-state index in [4.69, 9.17) is 4.74 Å². The number of esters is 1. The van der Waals surface area contributed by atoms with Crippen LogP contribution in [0, 0.1) is 0 Å². The van der Waals surface area contributed by atoms with Gasteiger partial charge in [0.2, 0.25) is 11.6 Å². The van der Waals surface area contributed by atoms with E-state index in [1.165, 1.54) is 9.80 Å². The number of benzene rings is 1. The Bertz CT molecular complexity index is 877. The summed E-state index contributed by atoms with van der Waals surface area (Å²) in [7, 11) is 0. The summed E-state index contributed by atoms with van der Waals surface area (Å²) >= 11 is 0. The van der Waals surface area contributed by atoms with Crippen LogP contribution in [0.3, 0.4) is 0 Å². The lowest BCUT2D eigenvalue weighted by Gasteiger charge is -2.50. The summed E-state index contributed by atoms with van der Waals surface area (Å²) in [6, 6.07) is 6.45. The second kappa shape index (κ2) is 7.17. The highest BCUT2D eigenvalue weighted by molar-refractivity contribution is 6.15. The third-order valence-corrected chi connectivity index (χ3v) is 5.93. The van der Waals surface area contributed by atoms with Gasteiger partial charge in [-0.15, -0.1) is 0 Å². The highest BCUT2D eigenvalue weighted by Gasteiger charge is 2.62. The molecule has 0 aromatic heterocycles. The molecule has 0 bridgehead atoms. The van der Waals surface area contributed by atoms with Crippen molar-refractivity contribution in [2.75, 3.05) is 24.6 Å². The maximum atomic E-state index is 13.4. The molecule has 0 radical (unpaired) electrons. The van der Waals surface area contributed by atoms with E-state index < -0.39 is 11.6 Å². The molecule has 3 aliphatic rings. The van der Waals surface area contributed by atoms with Crippen LogP contribution in [-0.2, 0) is 19.1 Å². The predicted molar refractivity (Wildman–Crippen MR) is 104 cm³/mol. The van der Waals surface area contributed by atoms with E-state index in [-0.39, 0.29) is 43.2 Å². The molecule has 2 fully saturated rings. The molecule has 3 heterocycles. The van der Waals surface area contributed by atoms with Crippen molar-refractivity contribution in [1.29, 1.82) is 0 Å². The predicted octanol–water partition coefficient (Wildman–Crippen LogP) is 1.54. The van der Waals surface area contributed by atoms with Gasteiger partial charge >= 0.3 is 5.97 Å². The Morgan fingerprint density at radius 3 is 2.52 bits per heavy atom. The number of carbonyl (C=O) groups excluding carboxylic acids is 4. The number of hydrogen-bond donors (Lipinski definition) is 0. The van der Waals surface area contributed by atoms with Gasteiger partial charge in [-0.2, -0.15) is 0 Å². The first kappa shape index (κ1) is 19.4. The maximum absolute atomic E-state index is 13.4. The van der Waals surface area contributed by atoms with Gasteiger partial charge in [0, 0.05) is 32.0 Å². The second-order valence-electron chi connectivity index (χ2n) is 8.00. The minimum atomic E-state index is -1.55. The fraction of sp³-hybridized carbons (Fsp3) is 0.524. The molecule has 2 saturated heterocycles. The van der Waals surface area contributed by atoms with Crippen molar-refractivity contribution in [3.8, 4) is 0 Å². The molecule has 8 heteroatoms. The first-order chi connectivity index (χ1) is 13.9. The van der Waals surface area contributed by atoms with Crippen molar-refractivity contribution < 1.29 is 23.9 Å². The summed E-state index contributed by atoms with van der Waals surface area (Å²) in [5.41, 5.74) is -0.755. The van der Waals surface area contributed by atoms with Crippen LogP contribution in [0.2, 0.25) is 0 Å². The summed E-state index contributed by atoms with van der Waals surface area (Å²) in [4.78, 5) is 56.3. The summed E-state index contributed by atoms with van der Waals surface area (Å²) in [6.45, 7) is 4.55. The highest BCUT2D eigenvalue weighted by atomic mass is 16.5. The fourth-order valence-electron chi connectivity index (χ4n) is 4.67. The number of likely N-dealkylation sites (tertiary alicyclic amines) is 1. The smallest absolute Gasteiger partial charge is 0.354 e. The Balaban J connectivity index is 1.70. The third-order valence-electron chi connectivity index (χ3n) is 5.93. The van der Waals surface area contributed by atoms with Crippen LogP contribution in [-0.4, -0.2) is 64.9 Å². The zero-order valence-electron chi connectivity index (χ0n) is 16.7. The summed E-state index contributed by atoms with van der Waals surface area (Å²) in [5, 5.41) is 0. The number of nitrogens with zero attached hydrogens (tertiary/aromatic N) is 3. The highest BCUT2D eigenvalue weighted by Crippen LogP contribution is 2.45. The Morgan fingerprint density at radius 2 is 1.83 bits per heavy atom. The van der Waals surface area contributed by atoms with E-state index in [0.29, 0.717) is 24.3 Å². The number of ether oxygens (including phenoxy) is 1. The van der Waals surface area contributed by atoms with E-state index >= 15 is 0 Å². The molecular formula is C21H25N3O5. The first-order valence-electron chi connectivity index (χ1n) is 10.1. The monoisotopic (exact) mass is 399 g/mol. The SMILES string of the molecule is CC(C)N1C(=O)c2ccccc2N2C(=O)CC[C@]21C(=O)OCC(=O)N1CCCC1. The second-order valence-corrected chi connectivity index (χ2v) is 8.00. The topological polar surface area (TPSA) is 87.2 Å². The van der Waals surface area contributed by atoms with Gasteiger partial charge in [0.15, 0.2) is 6.61 Å². The molecule has 3 aliphatic heterocycles. The van der Waals surface area contributed by atoms with Gasteiger partial charge < -0.3 is 14.5 Å². The normalized spacial score (nSPS) is 23.5. The molecule has 29 heavy (non-hydrogen) atoms. The Morgan fingerprint density at radius 1 is 1.14 bits per heavy atom. The zero-order chi connectivity index (χ0) is 20.8. The van der Waals surface area contributed by atoms with E-state index in [0.717, 1.165) is 12.8 Å². The Kier molecular flexibility index (Phi) is 4.80. The molecule has 0 aliphatic carbocycles. The van der Waals surface area contributed by atoms with E-state index in [9.17, 15) is 19.2 Å². The Labute approximate surface area is 169 Å². The first-order valence-corrected chi connectivity index (χ1v) is 10.1. The molecule has 1 atom stereocenters. The minimum absolute atomic E-state index is 0.125. The van der Waals surface area contributed by atoms with E-state index in [1.54, 1.807) is 43.0 Å². The maximum Gasteiger partial charge on any atom is 0.354 e. The van der Waals surface area contributed by atoms with Crippen LogP contribution in [0.5, 0.6) is 0 Å². The number of para-hydroxylation sites is 1. The van der Waals surface area contributed by atoms with Crippen molar-refractivity contribution in [2.45, 2.75) is 51.2 Å². The molecule has 4 rings (SSSR count). The van der Waals surface area contributed by atoms with Gasteiger partial charge in [-0.1, -0.05) is 12.1 Å². The molecule has 0 unspecified atom stereocenters. The van der Waals surface area contributed by atoms with Crippen LogP contribution in [0.4, 0.5) is 5.69 Å². The van der Waals surface area contributed by atoms with Crippen molar-refractivity contribution in [3.05, 3.63) is 29.8 Å². The number of rotatable bonds is 4. The van der Waals surface area contributed by atoms with E-state index in [1.807, 2.05) is 0 Å². The molecule has 0 saturated carbocycles. The minimum Gasteiger partial charge on any atom is -0.452 e. The average molecular weight is 399 g/mol. The van der Waals surface area contributed by atoms with Gasteiger partial charge in [-0.25, -0.2) is 4.79 Å². The van der Waals surface area contributed by atoms with Crippen LogP contribution in [0.25, 0.3) is 0 Å². The van der Waals surface area contributed by atoms with Gasteiger partial charge in [-0.05, 0) is 38.8 Å². The van der Waals surface area contributed by atoms with Crippen LogP contribution < -0.4 is 4.90 Å². The van der Waals surface area contributed by atoms with Crippen LogP contribution in [0.15, 0.2) is 24.3 Å². The molecule has 154 valence electrons. The average Bonchev–Trinajstić information content (AvgIpc) is 3.35. The molecule has 1 aromatic carbocycles. The zero-order valence-corrected chi connectivity index (χ0v) is 16.7. The number of anilines is 1. The van der Waals surface area contributed by atoms with Gasteiger partial charge in [-0.3, -0.25) is 19.3 Å². The molecule has 0 spiro atoms. The van der Waals surface area contributed by atoms with Crippen LogP contribution >= 0.6 is 0 Å². The largest absolute Gasteiger partial charge is 0.452 e.